The van der Waals surface area contributed by atoms with Crippen LogP contribution in [0.15, 0.2) is 28.7 Å². The molecule has 2 rings (SSSR count). The summed E-state index contributed by atoms with van der Waals surface area (Å²) in [5, 5.41) is 7.34. The van der Waals surface area contributed by atoms with Crippen LogP contribution in [0.2, 0.25) is 0 Å². The highest BCUT2D eigenvalue weighted by Gasteiger charge is 2.23. The normalized spacial score (nSPS) is 10.3. The quantitative estimate of drug-likeness (QED) is 0.836. The first-order valence-corrected chi connectivity index (χ1v) is 6.84. The topological polar surface area (TPSA) is 82.2 Å². The fourth-order valence-electron chi connectivity index (χ4n) is 1.80. The maximum absolute atomic E-state index is 11.8. The van der Waals surface area contributed by atoms with Crippen LogP contribution < -0.4 is 11.1 Å². The van der Waals surface area contributed by atoms with Gasteiger partial charge in [0.25, 0.3) is 0 Å². The standard InChI is InChI=1S/C13H15BrN4O2/c1-3-16-12-10(13(19)20-2)11(15)18(17-12)9-6-4-8(14)5-7-9/h4-7H,3,15H2,1-2H3,(H,16,17). The minimum atomic E-state index is -0.512. The van der Waals surface area contributed by atoms with Gasteiger partial charge in [-0.1, -0.05) is 15.9 Å². The lowest BCUT2D eigenvalue weighted by Gasteiger charge is -2.04. The smallest absolute Gasteiger partial charge is 0.345 e. The maximum atomic E-state index is 11.8. The van der Waals surface area contributed by atoms with Crippen LogP contribution in [0.3, 0.4) is 0 Å². The average Bonchev–Trinajstić information content (AvgIpc) is 2.76. The van der Waals surface area contributed by atoms with Gasteiger partial charge in [0.05, 0.1) is 12.8 Å². The number of hydrogen-bond donors (Lipinski definition) is 2. The molecular formula is C13H15BrN4O2. The Labute approximate surface area is 125 Å². The minimum Gasteiger partial charge on any atom is -0.465 e. The maximum Gasteiger partial charge on any atom is 0.345 e. The van der Waals surface area contributed by atoms with E-state index in [4.69, 9.17) is 10.5 Å². The van der Waals surface area contributed by atoms with Crippen molar-refractivity contribution in [3.63, 3.8) is 0 Å². The van der Waals surface area contributed by atoms with Crippen molar-refractivity contribution in [2.75, 3.05) is 24.7 Å². The zero-order chi connectivity index (χ0) is 14.7. The molecule has 1 aromatic heterocycles. The van der Waals surface area contributed by atoms with Gasteiger partial charge in [0, 0.05) is 11.0 Å². The first-order valence-electron chi connectivity index (χ1n) is 6.05. The molecule has 0 aliphatic carbocycles. The number of nitrogens with two attached hydrogens (primary N) is 1. The summed E-state index contributed by atoms with van der Waals surface area (Å²) >= 11 is 3.37. The molecule has 3 N–H and O–H groups in total. The summed E-state index contributed by atoms with van der Waals surface area (Å²) in [6, 6.07) is 7.46. The van der Waals surface area contributed by atoms with Crippen molar-refractivity contribution in [2.24, 2.45) is 0 Å². The molecule has 0 aliphatic rings. The molecule has 0 saturated carbocycles. The SMILES string of the molecule is CCNc1nn(-c2ccc(Br)cc2)c(N)c1C(=O)OC. The van der Waals surface area contributed by atoms with E-state index in [0.29, 0.717) is 12.4 Å². The lowest BCUT2D eigenvalue weighted by atomic mass is 10.3. The van der Waals surface area contributed by atoms with Crippen LogP contribution in [0.4, 0.5) is 11.6 Å². The van der Waals surface area contributed by atoms with Crippen molar-refractivity contribution >= 4 is 33.5 Å². The third-order valence-corrected chi connectivity index (χ3v) is 3.25. The van der Waals surface area contributed by atoms with Crippen LogP contribution in [0.25, 0.3) is 5.69 Å². The van der Waals surface area contributed by atoms with E-state index >= 15 is 0 Å². The summed E-state index contributed by atoms with van der Waals surface area (Å²) in [5.41, 5.74) is 7.04. The number of carbonyl (C=O) groups excluding carboxylic acids is 1. The van der Waals surface area contributed by atoms with Gasteiger partial charge in [-0.3, -0.25) is 0 Å². The molecule has 0 amide bonds. The molecule has 0 fully saturated rings. The van der Waals surface area contributed by atoms with Crippen LogP contribution >= 0.6 is 15.9 Å². The molecule has 7 heteroatoms. The van der Waals surface area contributed by atoms with Gasteiger partial charge in [-0.15, -0.1) is 5.10 Å². The number of halogens is 1. The van der Waals surface area contributed by atoms with Gasteiger partial charge in [0.2, 0.25) is 0 Å². The van der Waals surface area contributed by atoms with E-state index in [1.165, 1.54) is 11.8 Å². The Hall–Kier alpha value is -2.02. The number of anilines is 2. The summed E-state index contributed by atoms with van der Waals surface area (Å²) in [4.78, 5) is 11.8. The van der Waals surface area contributed by atoms with Gasteiger partial charge in [-0.2, -0.15) is 0 Å². The van der Waals surface area contributed by atoms with E-state index in [0.717, 1.165) is 10.2 Å². The lowest BCUT2D eigenvalue weighted by Crippen LogP contribution is -2.09. The second-order valence-electron chi connectivity index (χ2n) is 4.02. The number of carbonyl (C=O) groups is 1. The van der Waals surface area contributed by atoms with Crippen molar-refractivity contribution in [3.05, 3.63) is 34.3 Å². The third-order valence-electron chi connectivity index (χ3n) is 2.73. The molecule has 0 aliphatic heterocycles. The summed E-state index contributed by atoms with van der Waals surface area (Å²) < 4.78 is 7.21. The molecular weight excluding hydrogens is 324 g/mol. The molecule has 0 radical (unpaired) electrons. The Morgan fingerprint density at radius 3 is 2.65 bits per heavy atom. The van der Waals surface area contributed by atoms with Gasteiger partial charge in [-0.05, 0) is 31.2 Å². The molecule has 0 spiro atoms. The number of methoxy groups -OCH3 is 1. The Morgan fingerprint density at radius 2 is 2.10 bits per heavy atom. The zero-order valence-corrected chi connectivity index (χ0v) is 12.8. The lowest BCUT2D eigenvalue weighted by molar-refractivity contribution is 0.0603. The number of aromatic nitrogens is 2. The van der Waals surface area contributed by atoms with Crippen molar-refractivity contribution in [3.8, 4) is 5.69 Å². The Kier molecular flexibility index (Phi) is 4.29. The van der Waals surface area contributed by atoms with Gasteiger partial charge in [0.1, 0.15) is 11.4 Å². The number of ether oxygens (including phenoxy) is 1. The van der Waals surface area contributed by atoms with E-state index < -0.39 is 5.97 Å². The van der Waals surface area contributed by atoms with Crippen LogP contribution in [0.5, 0.6) is 0 Å². The van der Waals surface area contributed by atoms with E-state index in [1.807, 2.05) is 31.2 Å². The fourth-order valence-corrected chi connectivity index (χ4v) is 2.07. The zero-order valence-electron chi connectivity index (χ0n) is 11.2. The summed E-state index contributed by atoms with van der Waals surface area (Å²) in [6.45, 7) is 2.54. The number of esters is 1. The molecule has 0 atom stereocenters. The van der Waals surface area contributed by atoms with Gasteiger partial charge in [0.15, 0.2) is 5.82 Å². The number of hydrogen-bond acceptors (Lipinski definition) is 5. The van der Waals surface area contributed by atoms with Crippen molar-refractivity contribution in [1.29, 1.82) is 0 Å². The monoisotopic (exact) mass is 338 g/mol. The molecule has 1 aromatic carbocycles. The van der Waals surface area contributed by atoms with E-state index in [-0.39, 0.29) is 11.4 Å². The van der Waals surface area contributed by atoms with Crippen molar-refractivity contribution < 1.29 is 9.53 Å². The molecule has 0 saturated heterocycles. The minimum absolute atomic E-state index is 0.245. The first-order chi connectivity index (χ1) is 9.58. The van der Waals surface area contributed by atoms with Crippen molar-refractivity contribution in [1.82, 2.24) is 9.78 Å². The number of nitrogens with one attached hydrogen (secondary N) is 1. The van der Waals surface area contributed by atoms with E-state index in [2.05, 4.69) is 26.3 Å². The largest absolute Gasteiger partial charge is 0.465 e. The number of nitrogens with zero attached hydrogens (tertiary/aromatic N) is 2. The highest BCUT2D eigenvalue weighted by atomic mass is 79.9. The van der Waals surface area contributed by atoms with Crippen molar-refractivity contribution in [2.45, 2.75) is 6.92 Å². The highest BCUT2D eigenvalue weighted by Crippen LogP contribution is 2.26. The van der Waals surface area contributed by atoms with Gasteiger partial charge < -0.3 is 15.8 Å². The van der Waals surface area contributed by atoms with Gasteiger partial charge in [-0.25, -0.2) is 9.48 Å². The molecule has 1 heterocycles. The average molecular weight is 339 g/mol. The molecule has 6 nitrogen and oxygen atoms in total. The number of nitrogen functional groups attached to an aromatic ring is 1. The molecule has 2 aromatic rings. The summed E-state index contributed by atoms with van der Waals surface area (Å²) in [7, 11) is 1.31. The van der Waals surface area contributed by atoms with Crippen LogP contribution in [0.1, 0.15) is 17.3 Å². The fraction of sp³-hybridized carbons (Fsp3) is 0.231. The predicted molar refractivity (Wildman–Crippen MR) is 81.2 cm³/mol. The second kappa shape index (κ2) is 5.96. The predicted octanol–water partition coefficient (Wildman–Crippen LogP) is 2.44. The highest BCUT2D eigenvalue weighted by molar-refractivity contribution is 9.10. The van der Waals surface area contributed by atoms with E-state index in [1.54, 1.807) is 0 Å². The Balaban J connectivity index is 2.54. The van der Waals surface area contributed by atoms with Crippen LogP contribution in [0, 0.1) is 0 Å². The summed E-state index contributed by atoms with van der Waals surface area (Å²) in [6.07, 6.45) is 0. The molecule has 106 valence electrons. The number of benzene rings is 1. The van der Waals surface area contributed by atoms with Gasteiger partial charge >= 0.3 is 5.97 Å². The first kappa shape index (κ1) is 14.4. The van der Waals surface area contributed by atoms with Crippen LogP contribution in [-0.4, -0.2) is 29.4 Å². The third kappa shape index (κ3) is 2.62. The molecule has 20 heavy (non-hydrogen) atoms. The molecule has 0 bridgehead atoms. The molecule has 0 unspecified atom stereocenters. The summed E-state index contributed by atoms with van der Waals surface area (Å²) in [5.74, 6) is 0.150. The second-order valence-corrected chi connectivity index (χ2v) is 4.93. The van der Waals surface area contributed by atoms with E-state index in [9.17, 15) is 4.79 Å². The Bertz CT molecular complexity index is 622. The number of rotatable bonds is 4. The van der Waals surface area contributed by atoms with Crippen LogP contribution in [-0.2, 0) is 4.74 Å². The Morgan fingerprint density at radius 1 is 1.45 bits per heavy atom.